The lowest BCUT2D eigenvalue weighted by Crippen LogP contribution is -2.22. The minimum Gasteiger partial charge on any atom is -0.496 e. The standard InChI is InChI=1S/C21H14N2O2S/c1-25-18-11-10-13-6-2-3-7-14(13)15(18)12-19-20(24)23-17-9-5-4-8-16(17)22-21(23)26-19/h2-12H,1H3. The minimum atomic E-state index is -0.0475. The Bertz CT molecular complexity index is 1400. The van der Waals surface area contributed by atoms with Gasteiger partial charge in [-0.3, -0.25) is 4.79 Å². The van der Waals surface area contributed by atoms with Crippen LogP contribution in [0.5, 0.6) is 5.75 Å². The van der Waals surface area contributed by atoms with Gasteiger partial charge in [0.1, 0.15) is 5.75 Å². The molecule has 3 aromatic carbocycles. The van der Waals surface area contributed by atoms with Crippen LogP contribution in [0.3, 0.4) is 0 Å². The molecule has 5 rings (SSSR count). The van der Waals surface area contributed by atoms with E-state index in [2.05, 4.69) is 11.1 Å². The fraction of sp³-hybridized carbons (Fsp3) is 0.0476. The second kappa shape index (κ2) is 5.68. The van der Waals surface area contributed by atoms with Crippen LogP contribution in [-0.2, 0) is 0 Å². The molecule has 26 heavy (non-hydrogen) atoms. The number of para-hydroxylation sites is 2. The van der Waals surface area contributed by atoms with Gasteiger partial charge < -0.3 is 4.74 Å². The first-order valence-corrected chi connectivity index (χ1v) is 9.05. The maximum Gasteiger partial charge on any atom is 0.274 e. The van der Waals surface area contributed by atoms with Crippen molar-refractivity contribution in [1.82, 2.24) is 9.38 Å². The smallest absolute Gasteiger partial charge is 0.274 e. The summed E-state index contributed by atoms with van der Waals surface area (Å²) in [5, 5.41) is 2.17. The van der Waals surface area contributed by atoms with Gasteiger partial charge in [-0.15, -0.1) is 0 Å². The molecule has 0 unspecified atom stereocenters. The summed E-state index contributed by atoms with van der Waals surface area (Å²) in [6, 6.07) is 19.8. The van der Waals surface area contributed by atoms with Crippen molar-refractivity contribution in [1.29, 1.82) is 0 Å². The van der Waals surface area contributed by atoms with Crippen LogP contribution in [0.15, 0.2) is 65.5 Å². The monoisotopic (exact) mass is 358 g/mol. The zero-order valence-electron chi connectivity index (χ0n) is 14.0. The van der Waals surface area contributed by atoms with Crippen LogP contribution in [0.4, 0.5) is 0 Å². The summed E-state index contributed by atoms with van der Waals surface area (Å²) in [6.07, 6.45) is 1.91. The molecule has 0 radical (unpaired) electrons. The van der Waals surface area contributed by atoms with E-state index in [1.165, 1.54) is 11.3 Å². The molecule has 0 atom stereocenters. The van der Waals surface area contributed by atoms with Crippen LogP contribution >= 0.6 is 11.3 Å². The van der Waals surface area contributed by atoms with Crippen LogP contribution < -0.4 is 14.8 Å². The van der Waals surface area contributed by atoms with Gasteiger partial charge in [0, 0.05) is 5.56 Å². The highest BCUT2D eigenvalue weighted by atomic mass is 32.1. The first-order chi connectivity index (χ1) is 12.8. The highest BCUT2D eigenvalue weighted by molar-refractivity contribution is 7.15. The van der Waals surface area contributed by atoms with Crippen molar-refractivity contribution in [3.05, 3.63) is 81.1 Å². The van der Waals surface area contributed by atoms with Gasteiger partial charge in [-0.25, -0.2) is 9.38 Å². The van der Waals surface area contributed by atoms with Crippen LogP contribution in [0.1, 0.15) is 5.56 Å². The number of nitrogens with zero attached hydrogens (tertiary/aromatic N) is 2. The Hall–Kier alpha value is -3.18. The lowest BCUT2D eigenvalue weighted by Gasteiger charge is -2.08. The summed E-state index contributed by atoms with van der Waals surface area (Å²) in [7, 11) is 1.65. The molecular formula is C21H14N2O2S. The Morgan fingerprint density at radius 2 is 1.85 bits per heavy atom. The third-order valence-electron chi connectivity index (χ3n) is 4.57. The summed E-state index contributed by atoms with van der Waals surface area (Å²) < 4.78 is 7.87. The van der Waals surface area contributed by atoms with E-state index in [0.717, 1.165) is 33.1 Å². The number of benzene rings is 3. The largest absolute Gasteiger partial charge is 0.496 e. The van der Waals surface area contributed by atoms with Crippen LogP contribution in [0, 0.1) is 0 Å². The predicted molar refractivity (Wildman–Crippen MR) is 106 cm³/mol. The fourth-order valence-electron chi connectivity index (χ4n) is 3.35. The topological polar surface area (TPSA) is 43.6 Å². The molecule has 0 saturated heterocycles. The van der Waals surface area contributed by atoms with E-state index in [4.69, 9.17) is 4.74 Å². The van der Waals surface area contributed by atoms with Gasteiger partial charge in [0.05, 0.1) is 22.7 Å². The minimum absolute atomic E-state index is 0.0475. The Morgan fingerprint density at radius 1 is 1.04 bits per heavy atom. The molecule has 0 amide bonds. The second-order valence-electron chi connectivity index (χ2n) is 6.04. The van der Waals surface area contributed by atoms with Crippen molar-refractivity contribution in [2.45, 2.75) is 0 Å². The molecule has 5 heteroatoms. The number of methoxy groups -OCH3 is 1. The number of rotatable bonds is 2. The SMILES string of the molecule is COc1ccc2ccccc2c1C=c1sc2nc3ccccc3n2c1=O. The van der Waals surface area contributed by atoms with Gasteiger partial charge in [-0.05, 0) is 35.0 Å². The summed E-state index contributed by atoms with van der Waals surface area (Å²) in [4.78, 5) is 18.3. The first kappa shape index (κ1) is 15.1. The Kier molecular flexibility index (Phi) is 3.30. The van der Waals surface area contributed by atoms with Gasteiger partial charge in [-0.2, -0.15) is 0 Å². The van der Waals surface area contributed by atoms with E-state index in [-0.39, 0.29) is 5.56 Å². The van der Waals surface area contributed by atoms with Gasteiger partial charge >= 0.3 is 0 Å². The van der Waals surface area contributed by atoms with E-state index in [1.54, 1.807) is 11.5 Å². The first-order valence-electron chi connectivity index (χ1n) is 8.24. The maximum absolute atomic E-state index is 13.0. The molecule has 126 valence electrons. The number of aromatic nitrogens is 2. The van der Waals surface area contributed by atoms with Crippen molar-refractivity contribution in [3.63, 3.8) is 0 Å². The predicted octanol–water partition coefficient (Wildman–Crippen LogP) is 3.62. The molecule has 0 aliphatic carbocycles. The fourth-order valence-corrected chi connectivity index (χ4v) is 4.31. The highest BCUT2D eigenvalue weighted by Crippen LogP contribution is 2.28. The summed E-state index contributed by atoms with van der Waals surface area (Å²) in [5.74, 6) is 0.749. The molecule has 0 N–H and O–H groups in total. The third kappa shape index (κ3) is 2.14. The molecule has 2 aromatic heterocycles. The summed E-state index contributed by atoms with van der Waals surface area (Å²) >= 11 is 1.40. The van der Waals surface area contributed by atoms with Gasteiger partial charge in [0.2, 0.25) is 0 Å². The summed E-state index contributed by atoms with van der Waals surface area (Å²) in [6.45, 7) is 0. The molecule has 0 bridgehead atoms. The molecular weight excluding hydrogens is 344 g/mol. The quantitative estimate of drug-likeness (QED) is 0.484. The number of thiazole rings is 1. The Morgan fingerprint density at radius 3 is 2.73 bits per heavy atom. The number of fused-ring (bicyclic) bond motifs is 4. The van der Waals surface area contributed by atoms with Crippen LogP contribution in [0.25, 0.3) is 32.8 Å². The van der Waals surface area contributed by atoms with E-state index >= 15 is 0 Å². The number of ether oxygens (including phenoxy) is 1. The molecule has 5 aromatic rings. The molecule has 0 aliphatic heterocycles. The third-order valence-corrected chi connectivity index (χ3v) is 5.54. The van der Waals surface area contributed by atoms with E-state index in [0.29, 0.717) is 9.49 Å². The number of imidazole rings is 1. The van der Waals surface area contributed by atoms with Crippen LogP contribution in [-0.4, -0.2) is 16.5 Å². The van der Waals surface area contributed by atoms with Crippen molar-refractivity contribution in [3.8, 4) is 5.75 Å². The number of hydrogen-bond acceptors (Lipinski definition) is 4. The maximum atomic E-state index is 13.0. The van der Waals surface area contributed by atoms with Gasteiger partial charge in [0.25, 0.3) is 5.56 Å². The molecule has 0 spiro atoms. The van der Waals surface area contributed by atoms with E-state index in [1.807, 2.05) is 60.7 Å². The Labute approximate surface area is 152 Å². The molecule has 4 nitrogen and oxygen atoms in total. The zero-order valence-corrected chi connectivity index (χ0v) is 14.8. The van der Waals surface area contributed by atoms with Crippen molar-refractivity contribution < 1.29 is 4.74 Å². The van der Waals surface area contributed by atoms with Crippen LogP contribution in [0.2, 0.25) is 0 Å². The normalized spacial score (nSPS) is 12.4. The van der Waals surface area contributed by atoms with E-state index < -0.39 is 0 Å². The van der Waals surface area contributed by atoms with Gasteiger partial charge in [0.15, 0.2) is 4.96 Å². The Balaban J connectivity index is 1.86. The average Bonchev–Trinajstić information content (AvgIpc) is 3.18. The lowest BCUT2D eigenvalue weighted by atomic mass is 10.0. The number of hydrogen-bond donors (Lipinski definition) is 0. The van der Waals surface area contributed by atoms with Crippen molar-refractivity contribution >= 4 is 44.2 Å². The van der Waals surface area contributed by atoms with Crippen molar-refractivity contribution in [2.75, 3.05) is 7.11 Å². The van der Waals surface area contributed by atoms with Crippen molar-refractivity contribution in [2.24, 2.45) is 0 Å². The molecule has 0 saturated carbocycles. The molecule has 0 fully saturated rings. The lowest BCUT2D eigenvalue weighted by molar-refractivity contribution is 0.414. The molecule has 0 aliphatic rings. The van der Waals surface area contributed by atoms with Gasteiger partial charge in [-0.1, -0.05) is 53.8 Å². The second-order valence-corrected chi connectivity index (χ2v) is 7.05. The zero-order chi connectivity index (χ0) is 17.7. The highest BCUT2D eigenvalue weighted by Gasteiger charge is 2.12. The average molecular weight is 358 g/mol. The molecule has 2 heterocycles. The summed E-state index contributed by atoms with van der Waals surface area (Å²) in [5.41, 5.74) is 2.55. The van der Waals surface area contributed by atoms with E-state index in [9.17, 15) is 4.79 Å².